The van der Waals surface area contributed by atoms with E-state index in [1.165, 1.54) is 0 Å². The molecule has 0 saturated carbocycles. The molecule has 0 rings (SSSR count). The summed E-state index contributed by atoms with van der Waals surface area (Å²) in [6.07, 6.45) is 0. The Hall–Kier alpha value is 1.27. The Morgan fingerprint density at radius 1 is 1.00 bits per heavy atom. The van der Waals surface area contributed by atoms with Gasteiger partial charge in [-0.15, -0.1) is 0 Å². The van der Waals surface area contributed by atoms with Crippen LogP contribution in [0.2, 0.25) is 0 Å². The average Bonchev–Trinajstić information content (AvgIpc) is 1.37. The molecule has 36 valence electrons. The first-order chi connectivity index (χ1) is 1.91. The maximum atomic E-state index is 7.62. The van der Waals surface area contributed by atoms with Gasteiger partial charge in [0, 0.05) is 21.7 Å². The van der Waals surface area contributed by atoms with Crippen molar-refractivity contribution >= 4 is 19.8 Å². The fraction of sp³-hybridized carbons (Fsp3) is 1.00. The maximum absolute atomic E-state index is 7.62. The van der Waals surface area contributed by atoms with Crippen molar-refractivity contribution in [2.75, 3.05) is 13.2 Å². The van der Waals surface area contributed by atoms with E-state index in [9.17, 15) is 0 Å². The zero-order valence-corrected chi connectivity index (χ0v) is 4.37. The van der Waals surface area contributed by atoms with Gasteiger partial charge in [-0.1, -0.05) is 0 Å². The predicted octanol–water partition coefficient (Wildman–Crippen LogP) is -2.22. The summed E-state index contributed by atoms with van der Waals surface area (Å²) in [6, 6.07) is 0. The van der Waals surface area contributed by atoms with Gasteiger partial charge in [0.05, 0.1) is 13.2 Å². The van der Waals surface area contributed by atoms with Crippen LogP contribution in [0, 0.1) is 0 Å². The van der Waals surface area contributed by atoms with Crippen LogP contribution in [0.25, 0.3) is 0 Å². The van der Waals surface area contributed by atoms with Crippen molar-refractivity contribution < 1.29 is 31.9 Å². The minimum Gasteiger partial charge on any atom is 0 e. The smallest absolute Gasteiger partial charge is 0 e. The molecule has 4 heteroatoms. The van der Waals surface area contributed by atoms with E-state index in [4.69, 9.17) is 10.2 Å². The SMILES string of the molecule is OCCO.[GaH3].[Ti]. The molecule has 0 bridgehead atoms. The zero-order valence-electron chi connectivity index (χ0n) is 2.81. The standard InChI is InChI=1S/C2H6O2.Ga.Ti.3H/c3-1-2-4;;;;;/h3-4H,1-2H2;;;;;. The topological polar surface area (TPSA) is 40.5 Å². The van der Waals surface area contributed by atoms with Crippen LogP contribution in [-0.2, 0) is 21.7 Å². The molecule has 0 aromatic heterocycles. The van der Waals surface area contributed by atoms with Crippen molar-refractivity contribution in [3.63, 3.8) is 0 Å². The third-order valence-electron chi connectivity index (χ3n) is 0.1000. The summed E-state index contributed by atoms with van der Waals surface area (Å²) in [5, 5.41) is 15.2. The Morgan fingerprint density at radius 2 is 1.17 bits per heavy atom. The number of aliphatic hydroxyl groups is 2. The second-order valence-electron chi connectivity index (χ2n) is 0.447. The van der Waals surface area contributed by atoms with Gasteiger partial charge in [-0.05, 0) is 0 Å². The third kappa shape index (κ3) is 18.6. The summed E-state index contributed by atoms with van der Waals surface area (Å²) < 4.78 is 0. The Balaban J connectivity index is -0.0000000450. The van der Waals surface area contributed by atoms with Gasteiger partial charge in [0.1, 0.15) is 0 Å². The minimum absolute atomic E-state index is 0. The minimum atomic E-state index is -0.125. The summed E-state index contributed by atoms with van der Waals surface area (Å²) in [5.41, 5.74) is 0. The van der Waals surface area contributed by atoms with Crippen LogP contribution in [0.4, 0.5) is 0 Å². The van der Waals surface area contributed by atoms with Crippen LogP contribution in [0.5, 0.6) is 0 Å². The van der Waals surface area contributed by atoms with Crippen LogP contribution < -0.4 is 0 Å². The number of rotatable bonds is 1. The second-order valence-corrected chi connectivity index (χ2v) is 0.447. The maximum Gasteiger partial charge on any atom is 0 e. The molecule has 0 atom stereocenters. The molecule has 6 heavy (non-hydrogen) atoms. The van der Waals surface area contributed by atoms with Crippen LogP contribution in [0.3, 0.4) is 0 Å². The molecule has 0 aliphatic heterocycles. The third-order valence-corrected chi connectivity index (χ3v) is 0.1000. The van der Waals surface area contributed by atoms with E-state index >= 15 is 0 Å². The van der Waals surface area contributed by atoms with Gasteiger partial charge in [0.15, 0.2) is 0 Å². The van der Waals surface area contributed by atoms with Gasteiger partial charge in [-0.2, -0.15) is 0 Å². The van der Waals surface area contributed by atoms with E-state index in [0.29, 0.717) is 0 Å². The molecule has 2 N–H and O–H groups in total. The Morgan fingerprint density at radius 3 is 1.17 bits per heavy atom. The number of hydrogen-bond acceptors (Lipinski definition) is 2. The summed E-state index contributed by atoms with van der Waals surface area (Å²) in [4.78, 5) is 0. The van der Waals surface area contributed by atoms with Crippen molar-refractivity contribution in [1.29, 1.82) is 0 Å². The summed E-state index contributed by atoms with van der Waals surface area (Å²) in [7, 11) is 0. The van der Waals surface area contributed by atoms with Gasteiger partial charge < -0.3 is 10.2 Å². The second kappa shape index (κ2) is 16.3. The molecule has 0 unspecified atom stereocenters. The van der Waals surface area contributed by atoms with Crippen molar-refractivity contribution in [1.82, 2.24) is 0 Å². The van der Waals surface area contributed by atoms with E-state index in [1.54, 1.807) is 0 Å². The largest absolute Gasteiger partial charge is 0 e. The predicted molar refractivity (Wildman–Crippen MR) is 24.1 cm³/mol. The zero-order chi connectivity index (χ0) is 3.41. The summed E-state index contributed by atoms with van der Waals surface area (Å²) >= 11 is 0. The first kappa shape index (κ1) is 15.7. The van der Waals surface area contributed by atoms with Crippen LogP contribution >= 0.6 is 0 Å². The molecule has 0 spiro atoms. The van der Waals surface area contributed by atoms with Gasteiger partial charge in [-0.3, -0.25) is 0 Å². The normalized spacial score (nSPS) is 5.00. The quantitative estimate of drug-likeness (QED) is 0.452. The molecule has 0 radical (unpaired) electrons. The number of hydrogen-bond donors (Lipinski definition) is 2. The molecule has 0 aromatic rings. The summed E-state index contributed by atoms with van der Waals surface area (Å²) in [6.45, 7) is -0.250. The Labute approximate surface area is 64.9 Å². The van der Waals surface area contributed by atoms with E-state index < -0.39 is 0 Å². The Kier molecular flexibility index (Phi) is 42.5. The van der Waals surface area contributed by atoms with Crippen molar-refractivity contribution in [2.24, 2.45) is 0 Å². The summed E-state index contributed by atoms with van der Waals surface area (Å²) in [5.74, 6) is 0. The molecule has 0 aromatic carbocycles. The molecule has 2 nitrogen and oxygen atoms in total. The fourth-order valence-corrected chi connectivity index (χ4v) is 0. The first-order valence-corrected chi connectivity index (χ1v) is 1.13. The van der Waals surface area contributed by atoms with Crippen molar-refractivity contribution in [3.8, 4) is 0 Å². The molecule has 0 heterocycles. The molecule has 0 fully saturated rings. The Bertz CT molecular complexity index is 13.5. The van der Waals surface area contributed by atoms with E-state index in [2.05, 4.69) is 0 Å². The van der Waals surface area contributed by atoms with Crippen LogP contribution in [0.1, 0.15) is 0 Å². The monoisotopic (exact) mass is 182 g/mol. The van der Waals surface area contributed by atoms with Crippen LogP contribution in [0.15, 0.2) is 0 Å². The van der Waals surface area contributed by atoms with Gasteiger partial charge >= 0.3 is 19.8 Å². The van der Waals surface area contributed by atoms with E-state index in [-0.39, 0.29) is 54.7 Å². The van der Waals surface area contributed by atoms with Crippen molar-refractivity contribution in [2.45, 2.75) is 0 Å². The van der Waals surface area contributed by atoms with E-state index in [1.807, 2.05) is 0 Å². The molecular weight excluding hydrogens is 174 g/mol. The van der Waals surface area contributed by atoms with Gasteiger partial charge in [0.25, 0.3) is 0 Å². The van der Waals surface area contributed by atoms with E-state index in [0.717, 1.165) is 0 Å². The van der Waals surface area contributed by atoms with Crippen molar-refractivity contribution in [3.05, 3.63) is 0 Å². The van der Waals surface area contributed by atoms with Crippen LogP contribution in [-0.4, -0.2) is 43.2 Å². The molecule has 0 aliphatic carbocycles. The molecular formula is C2H9GaO2Ti. The number of aliphatic hydroxyl groups excluding tert-OH is 2. The molecule has 0 aliphatic rings. The van der Waals surface area contributed by atoms with Gasteiger partial charge in [0.2, 0.25) is 0 Å². The molecule has 0 saturated heterocycles. The first-order valence-electron chi connectivity index (χ1n) is 1.13. The molecule has 0 amide bonds. The fourth-order valence-electron chi connectivity index (χ4n) is 0. The van der Waals surface area contributed by atoms with Gasteiger partial charge in [-0.25, -0.2) is 0 Å². The average molecular weight is 183 g/mol.